The molecule has 4 heteroatoms. The van der Waals surface area contributed by atoms with Gasteiger partial charge < -0.3 is 0 Å². The monoisotopic (exact) mass is 236 g/mol. The molecular weight excluding hydrogens is 231 g/mol. The van der Waals surface area contributed by atoms with Crippen LogP contribution in [-0.2, 0) is 0 Å². The van der Waals surface area contributed by atoms with Crippen molar-refractivity contribution in [1.82, 2.24) is 4.98 Å². The minimum Gasteiger partial charge on any atom is -0.263 e. The van der Waals surface area contributed by atoms with Crippen LogP contribution in [0.5, 0.6) is 0 Å². The maximum Gasteiger partial charge on any atom is 0.101 e. The first-order chi connectivity index (χ1) is 7.15. The molecule has 0 fully saturated rings. The molecule has 0 aliphatic rings. The minimum absolute atomic E-state index is 0.455. The Kier molecular flexibility index (Phi) is 2.52. The summed E-state index contributed by atoms with van der Waals surface area (Å²) in [7, 11) is 0. The first-order valence-corrected chi connectivity index (χ1v) is 5.03. The lowest BCUT2D eigenvalue weighted by Crippen LogP contribution is -1.87. The normalized spacial score (nSPS) is 10.3. The summed E-state index contributed by atoms with van der Waals surface area (Å²) in [5.74, 6) is 0. The van der Waals surface area contributed by atoms with Gasteiger partial charge in [0.1, 0.15) is 6.07 Å². The van der Waals surface area contributed by atoms with Crippen LogP contribution in [0.2, 0.25) is 10.0 Å². The van der Waals surface area contributed by atoms with Crippen molar-refractivity contribution in [3.8, 4) is 6.07 Å². The molecule has 0 amide bonds. The average Bonchev–Trinajstić information content (AvgIpc) is 2.25. The topological polar surface area (TPSA) is 36.7 Å². The molecule has 1 aromatic carbocycles. The zero-order valence-corrected chi connectivity index (χ0v) is 9.39. The molecular formula is C11H6Cl2N2. The third kappa shape index (κ3) is 1.54. The number of benzene rings is 1. The Morgan fingerprint density at radius 3 is 2.60 bits per heavy atom. The van der Waals surface area contributed by atoms with Crippen molar-refractivity contribution in [1.29, 1.82) is 5.26 Å². The Bertz CT molecular complexity index is 585. The number of aromatic nitrogens is 1. The van der Waals surface area contributed by atoms with E-state index in [1.807, 2.05) is 13.0 Å². The first kappa shape index (κ1) is 10.2. The number of fused-ring (bicyclic) bond motifs is 1. The van der Waals surface area contributed by atoms with E-state index >= 15 is 0 Å². The van der Waals surface area contributed by atoms with Crippen molar-refractivity contribution >= 4 is 34.0 Å². The van der Waals surface area contributed by atoms with Crippen molar-refractivity contribution in [2.24, 2.45) is 0 Å². The van der Waals surface area contributed by atoms with Crippen LogP contribution in [0, 0.1) is 18.3 Å². The van der Waals surface area contributed by atoms with Crippen LogP contribution in [0.1, 0.15) is 11.1 Å². The maximum absolute atomic E-state index is 8.92. The maximum atomic E-state index is 8.92. The second-order valence-corrected chi connectivity index (χ2v) is 3.97. The highest BCUT2D eigenvalue weighted by atomic mass is 35.5. The van der Waals surface area contributed by atoms with Crippen LogP contribution in [0.3, 0.4) is 0 Å². The summed E-state index contributed by atoms with van der Waals surface area (Å²) in [6.07, 6.45) is 3.13. The lowest BCUT2D eigenvalue weighted by Gasteiger charge is -2.06. The number of halogens is 2. The molecule has 1 aromatic heterocycles. The molecule has 0 aliphatic carbocycles. The van der Waals surface area contributed by atoms with Crippen LogP contribution in [0.4, 0.5) is 0 Å². The lowest BCUT2D eigenvalue weighted by molar-refractivity contribution is 1.33. The van der Waals surface area contributed by atoms with Gasteiger partial charge in [-0.25, -0.2) is 0 Å². The third-order valence-electron chi connectivity index (χ3n) is 2.24. The second kappa shape index (κ2) is 3.69. The standard InChI is InChI=1S/C11H6Cl2N2/c1-6-2-8-7(3-14)4-15-5-9(8)11(13)10(6)12/h2,4-5H,1H3. The van der Waals surface area contributed by atoms with Gasteiger partial charge in [0.15, 0.2) is 0 Å². The Morgan fingerprint density at radius 1 is 1.20 bits per heavy atom. The summed E-state index contributed by atoms with van der Waals surface area (Å²) >= 11 is 12.1. The fraction of sp³-hybridized carbons (Fsp3) is 0.0909. The molecule has 0 spiro atoms. The molecule has 0 saturated carbocycles. The van der Waals surface area contributed by atoms with Gasteiger partial charge in [-0.2, -0.15) is 5.26 Å². The van der Waals surface area contributed by atoms with E-state index in [0.29, 0.717) is 21.0 Å². The Morgan fingerprint density at radius 2 is 1.93 bits per heavy atom. The van der Waals surface area contributed by atoms with Gasteiger partial charge in [-0.3, -0.25) is 4.98 Å². The van der Waals surface area contributed by atoms with Gasteiger partial charge in [-0.05, 0) is 18.6 Å². The van der Waals surface area contributed by atoms with E-state index < -0.39 is 0 Å². The van der Waals surface area contributed by atoms with E-state index in [2.05, 4.69) is 11.1 Å². The van der Waals surface area contributed by atoms with Crippen molar-refractivity contribution < 1.29 is 0 Å². The van der Waals surface area contributed by atoms with E-state index in [-0.39, 0.29) is 0 Å². The molecule has 0 saturated heterocycles. The van der Waals surface area contributed by atoms with Gasteiger partial charge in [0, 0.05) is 23.2 Å². The predicted octanol–water partition coefficient (Wildman–Crippen LogP) is 3.72. The van der Waals surface area contributed by atoms with Crippen LogP contribution in [0.15, 0.2) is 18.5 Å². The number of hydrogen-bond donors (Lipinski definition) is 0. The van der Waals surface area contributed by atoms with Crippen molar-refractivity contribution in [2.75, 3.05) is 0 Å². The summed E-state index contributed by atoms with van der Waals surface area (Å²) in [6, 6.07) is 3.93. The number of rotatable bonds is 0. The first-order valence-electron chi connectivity index (χ1n) is 4.27. The summed E-state index contributed by atoms with van der Waals surface area (Å²) in [5, 5.41) is 11.4. The molecule has 74 valence electrons. The van der Waals surface area contributed by atoms with Crippen molar-refractivity contribution in [2.45, 2.75) is 6.92 Å². The molecule has 0 unspecified atom stereocenters. The van der Waals surface area contributed by atoms with Gasteiger partial charge in [-0.1, -0.05) is 23.2 Å². The van der Waals surface area contributed by atoms with Crippen LogP contribution < -0.4 is 0 Å². The van der Waals surface area contributed by atoms with Crippen molar-refractivity contribution in [3.05, 3.63) is 39.6 Å². The van der Waals surface area contributed by atoms with Gasteiger partial charge in [0.05, 0.1) is 15.6 Å². The Labute approximate surface area is 97.1 Å². The number of nitriles is 1. The quantitative estimate of drug-likeness (QED) is 0.700. The van der Waals surface area contributed by atoms with Gasteiger partial charge in [-0.15, -0.1) is 0 Å². The SMILES string of the molecule is Cc1cc2c(C#N)cncc2c(Cl)c1Cl. The third-order valence-corrected chi connectivity index (χ3v) is 3.22. The van der Waals surface area contributed by atoms with Gasteiger partial charge in [0.25, 0.3) is 0 Å². The Hall–Kier alpha value is -1.30. The highest BCUT2D eigenvalue weighted by Gasteiger charge is 2.10. The number of hydrogen-bond acceptors (Lipinski definition) is 2. The second-order valence-electron chi connectivity index (χ2n) is 3.22. The fourth-order valence-electron chi connectivity index (χ4n) is 1.46. The van der Waals surface area contributed by atoms with Crippen LogP contribution >= 0.6 is 23.2 Å². The molecule has 2 aromatic rings. The fourth-order valence-corrected chi connectivity index (χ4v) is 1.92. The lowest BCUT2D eigenvalue weighted by atomic mass is 10.1. The molecule has 2 nitrogen and oxygen atoms in total. The van der Waals surface area contributed by atoms with Crippen molar-refractivity contribution in [3.63, 3.8) is 0 Å². The molecule has 2 rings (SSSR count). The summed E-state index contributed by atoms with van der Waals surface area (Å²) < 4.78 is 0. The summed E-state index contributed by atoms with van der Waals surface area (Å²) in [4.78, 5) is 3.95. The highest BCUT2D eigenvalue weighted by molar-refractivity contribution is 6.45. The summed E-state index contributed by atoms with van der Waals surface area (Å²) in [5.41, 5.74) is 1.37. The van der Waals surface area contributed by atoms with Gasteiger partial charge in [0.2, 0.25) is 0 Å². The molecule has 0 atom stereocenters. The molecule has 0 aliphatic heterocycles. The smallest absolute Gasteiger partial charge is 0.101 e. The number of pyridine rings is 1. The summed E-state index contributed by atoms with van der Waals surface area (Å²) in [6.45, 7) is 1.86. The molecule has 1 heterocycles. The van der Waals surface area contributed by atoms with Crippen LogP contribution in [0.25, 0.3) is 10.8 Å². The van der Waals surface area contributed by atoms with E-state index in [0.717, 1.165) is 10.9 Å². The number of nitrogens with zero attached hydrogens (tertiary/aromatic N) is 2. The molecule has 0 N–H and O–H groups in total. The number of aryl methyl sites for hydroxylation is 1. The molecule has 0 bridgehead atoms. The van der Waals surface area contributed by atoms with E-state index in [4.69, 9.17) is 28.5 Å². The van der Waals surface area contributed by atoms with Crippen LogP contribution in [-0.4, -0.2) is 4.98 Å². The molecule has 15 heavy (non-hydrogen) atoms. The zero-order chi connectivity index (χ0) is 11.0. The molecule has 0 radical (unpaired) electrons. The zero-order valence-electron chi connectivity index (χ0n) is 7.88. The van der Waals surface area contributed by atoms with Gasteiger partial charge >= 0.3 is 0 Å². The van der Waals surface area contributed by atoms with E-state index in [9.17, 15) is 0 Å². The van der Waals surface area contributed by atoms with E-state index in [1.54, 1.807) is 6.20 Å². The minimum atomic E-state index is 0.455. The Balaban J connectivity index is 2.99. The highest BCUT2D eigenvalue weighted by Crippen LogP contribution is 2.34. The van der Waals surface area contributed by atoms with E-state index in [1.165, 1.54) is 6.20 Å². The average molecular weight is 237 g/mol. The predicted molar refractivity (Wildman–Crippen MR) is 61.2 cm³/mol. The largest absolute Gasteiger partial charge is 0.263 e.